The monoisotopic (exact) mass is 365 g/mol. The molecule has 0 aliphatic carbocycles. The summed E-state index contributed by atoms with van der Waals surface area (Å²) >= 11 is 8.34. The topological polar surface area (TPSA) is 20.3 Å². The van der Waals surface area contributed by atoms with E-state index in [1.54, 1.807) is 0 Å². The van der Waals surface area contributed by atoms with Crippen molar-refractivity contribution < 1.29 is 4.79 Å². The normalized spacial score (nSPS) is 20.4. The van der Waals surface area contributed by atoms with E-state index in [-0.39, 0.29) is 5.91 Å². The highest BCUT2D eigenvalue weighted by atomic mass is 79.9. The average molecular weight is 367 g/mol. The summed E-state index contributed by atoms with van der Waals surface area (Å²) in [4.78, 5) is 15.1. The summed E-state index contributed by atoms with van der Waals surface area (Å²) in [6.45, 7) is 3.06. The van der Waals surface area contributed by atoms with Crippen molar-refractivity contribution in [2.24, 2.45) is 0 Å². The Morgan fingerprint density at radius 1 is 1.62 bits per heavy atom. The zero-order valence-corrected chi connectivity index (χ0v) is 13.0. The van der Waals surface area contributed by atoms with Crippen LogP contribution in [0.4, 0.5) is 0 Å². The van der Waals surface area contributed by atoms with E-state index in [1.807, 2.05) is 11.0 Å². The number of thiophene rings is 1. The Hall–Kier alpha value is 0.130. The van der Waals surface area contributed by atoms with Crippen molar-refractivity contribution in [3.05, 3.63) is 19.2 Å². The number of likely N-dealkylation sites (tertiary alicyclic amines) is 1. The molecule has 16 heavy (non-hydrogen) atoms. The molecule has 1 saturated heterocycles. The second-order valence-corrected chi connectivity index (χ2v) is 7.16. The van der Waals surface area contributed by atoms with Gasteiger partial charge < -0.3 is 4.90 Å². The number of nitrogens with zero attached hydrogens (tertiary/aromatic N) is 1. The van der Waals surface area contributed by atoms with Crippen molar-refractivity contribution in [1.82, 2.24) is 4.90 Å². The summed E-state index contributed by atoms with van der Waals surface area (Å²) in [5.41, 5.74) is 0. The lowest BCUT2D eigenvalue weighted by molar-refractivity contribution is 0.0738. The van der Waals surface area contributed by atoms with Gasteiger partial charge in [-0.05, 0) is 57.2 Å². The van der Waals surface area contributed by atoms with Crippen LogP contribution in [0.1, 0.15) is 35.9 Å². The van der Waals surface area contributed by atoms with Gasteiger partial charge in [-0.3, -0.25) is 4.79 Å². The number of hydrogen-bond acceptors (Lipinski definition) is 2. The molecule has 1 amide bonds. The van der Waals surface area contributed by atoms with Gasteiger partial charge in [0.05, 0.1) is 8.66 Å². The van der Waals surface area contributed by atoms with E-state index in [4.69, 9.17) is 0 Å². The molecule has 2 rings (SSSR count). The molecular weight excluding hydrogens is 354 g/mol. The van der Waals surface area contributed by atoms with Crippen molar-refractivity contribution in [1.29, 1.82) is 0 Å². The van der Waals surface area contributed by atoms with Crippen molar-refractivity contribution in [2.75, 3.05) is 6.54 Å². The molecule has 2 nitrogen and oxygen atoms in total. The van der Waals surface area contributed by atoms with E-state index in [0.717, 1.165) is 38.9 Å². The molecular formula is C11H13Br2NOS. The lowest BCUT2D eigenvalue weighted by Gasteiger charge is -2.22. The van der Waals surface area contributed by atoms with Gasteiger partial charge in [-0.2, -0.15) is 0 Å². The molecule has 0 N–H and O–H groups in total. The Labute approximate surface area is 116 Å². The Kier molecular flexibility index (Phi) is 4.08. The maximum Gasteiger partial charge on any atom is 0.264 e. The Bertz CT molecular complexity index is 385. The van der Waals surface area contributed by atoms with E-state index in [0.29, 0.717) is 6.04 Å². The minimum atomic E-state index is 0.181. The summed E-state index contributed by atoms with van der Waals surface area (Å²) in [6.07, 6.45) is 3.34. The van der Waals surface area contributed by atoms with Crippen molar-refractivity contribution in [3.63, 3.8) is 0 Å². The van der Waals surface area contributed by atoms with Gasteiger partial charge in [-0.1, -0.05) is 6.92 Å². The fourth-order valence-corrected chi connectivity index (χ4v) is 4.11. The average Bonchev–Trinajstić information content (AvgIpc) is 2.85. The van der Waals surface area contributed by atoms with Gasteiger partial charge in [0.2, 0.25) is 0 Å². The van der Waals surface area contributed by atoms with Gasteiger partial charge in [0.1, 0.15) is 0 Å². The molecule has 0 spiro atoms. The highest BCUT2D eigenvalue weighted by Crippen LogP contribution is 2.34. The predicted molar refractivity (Wildman–Crippen MR) is 74.1 cm³/mol. The molecule has 1 aliphatic heterocycles. The van der Waals surface area contributed by atoms with Crippen LogP contribution in [0, 0.1) is 0 Å². The SMILES string of the molecule is CCC1CCCN1C(=O)c1cc(Br)c(Br)s1. The van der Waals surface area contributed by atoms with E-state index < -0.39 is 0 Å². The zero-order valence-electron chi connectivity index (χ0n) is 9.00. The zero-order chi connectivity index (χ0) is 11.7. The van der Waals surface area contributed by atoms with E-state index in [9.17, 15) is 4.79 Å². The van der Waals surface area contributed by atoms with Crippen molar-refractivity contribution in [3.8, 4) is 0 Å². The highest BCUT2D eigenvalue weighted by Gasteiger charge is 2.29. The third kappa shape index (κ3) is 2.36. The Balaban J connectivity index is 2.18. The number of hydrogen-bond donors (Lipinski definition) is 0. The number of carbonyl (C=O) groups excluding carboxylic acids is 1. The first-order valence-electron chi connectivity index (χ1n) is 5.39. The van der Waals surface area contributed by atoms with Crippen LogP contribution < -0.4 is 0 Å². The van der Waals surface area contributed by atoms with Crippen molar-refractivity contribution in [2.45, 2.75) is 32.2 Å². The summed E-state index contributed by atoms with van der Waals surface area (Å²) in [6, 6.07) is 2.34. The molecule has 1 atom stereocenters. The summed E-state index contributed by atoms with van der Waals surface area (Å²) in [5, 5.41) is 0. The molecule has 1 unspecified atom stereocenters. The minimum absolute atomic E-state index is 0.181. The molecule has 0 radical (unpaired) electrons. The van der Waals surface area contributed by atoms with Crippen LogP contribution in [0.25, 0.3) is 0 Å². The quantitative estimate of drug-likeness (QED) is 0.764. The van der Waals surface area contributed by atoms with Crippen LogP contribution in [0.3, 0.4) is 0 Å². The van der Waals surface area contributed by atoms with Crippen LogP contribution in [-0.2, 0) is 0 Å². The summed E-state index contributed by atoms with van der Waals surface area (Å²) in [5.74, 6) is 0.181. The van der Waals surface area contributed by atoms with E-state index >= 15 is 0 Å². The number of amides is 1. The lowest BCUT2D eigenvalue weighted by atomic mass is 10.2. The van der Waals surface area contributed by atoms with Crippen LogP contribution in [0.2, 0.25) is 0 Å². The molecule has 1 aromatic rings. The lowest BCUT2D eigenvalue weighted by Crippen LogP contribution is -2.34. The van der Waals surface area contributed by atoms with Crippen molar-refractivity contribution >= 4 is 49.1 Å². The van der Waals surface area contributed by atoms with Crippen LogP contribution in [-0.4, -0.2) is 23.4 Å². The molecule has 1 aliphatic rings. The molecule has 0 saturated carbocycles. The largest absolute Gasteiger partial charge is 0.335 e. The van der Waals surface area contributed by atoms with Gasteiger partial charge in [0.25, 0.3) is 5.91 Å². The van der Waals surface area contributed by atoms with Gasteiger partial charge in [-0.25, -0.2) is 0 Å². The maximum atomic E-state index is 12.3. The molecule has 1 aromatic heterocycles. The van der Waals surface area contributed by atoms with Crippen LogP contribution >= 0.6 is 43.2 Å². The Morgan fingerprint density at radius 2 is 2.38 bits per heavy atom. The molecule has 88 valence electrons. The first-order chi connectivity index (χ1) is 7.63. The molecule has 0 aromatic carbocycles. The molecule has 2 heterocycles. The second kappa shape index (κ2) is 5.19. The minimum Gasteiger partial charge on any atom is -0.335 e. The Morgan fingerprint density at radius 3 is 2.94 bits per heavy atom. The standard InChI is InChI=1S/C11H13Br2NOS/c1-2-7-4-3-5-14(7)11(15)9-6-8(12)10(13)16-9/h6-7H,2-5H2,1H3. The predicted octanol–water partition coefficient (Wildman–Crippen LogP) is 4.29. The maximum absolute atomic E-state index is 12.3. The molecule has 5 heteroatoms. The highest BCUT2D eigenvalue weighted by molar-refractivity contribution is 9.13. The third-order valence-electron chi connectivity index (χ3n) is 2.97. The third-order valence-corrected chi connectivity index (χ3v) is 6.21. The van der Waals surface area contributed by atoms with Gasteiger partial charge in [0.15, 0.2) is 0 Å². The van der Waals surface area contributed by atoms with Gasteiger partial charge in [0, 0.05) is 17.1 Å². The summed E-state index contributed by atoms with van der Waals surface area (Å²) in [7, 11) is 0. The van der Waals surface area contributed by atoms with Gasteiger partial charge in [-0.15, -0.1) is 11.3 Å². The second-order valence-electron chi connectivity index (χ2n) is 3.94. The number of halogens is 2. The first kappa shape index (κ1) is 12.6. The summed E-state index contributed by atoms with van der Waals surface area (Å²) < 4.78 is 1.95. The first-order valence-corrected chi connectivity index (χ1v) is 7.79. The van der Waals surface area contributed by atoms with Crippen LogP contribution in [0.5, 0.6) is 0 Å². The fraction of sp³-hybridized carbons (Fsp3) is 0.545. The van der Waals surface area contributed by atoms with Crippen LogP contribution in [0.15, 0.2) is 14.3 Å². The molecule has 1 fully saturated rings. The van der Waals surface area contributed by atoms with Gasteiger partial charge >= 0.3 is 0 Å². The smallest absolute Gasteiger partial charge is 0.264 e. The van der Waals surface area contributed by atoms with E-state index in [2.05, 4.69) is 38.8 Å². The fourth-order valence-electron chi connectivity index (χ4n) is 2.12. The number of rotatable bonds is 2. The van der Waals surface area contributed by atoms with E-state index in [1.165, 1.54) is 11.3 Å². The molecule has 0 bridgehead atoms. The number of carbonyl (C=O) groups is 1.